The highest BCUT2D eigenvalue weighted by molar-refractivity contribution is 9.10. The Kier molecular flexibility index (Phi) is 17.8. The smallest absolute Gasteiger partial charge is 0.254 e. The highest BCUT2D eigenvalue weighted by Gasteiger charge is 2.13. The molecule has 1 nitrogen and oxygen atoms in total. The van der Waals surface area contributed by atoms with Crippen molar-refractivity contribution in [1.29, 1.82) is 0 Å². The third-order valence-electron chi connectivity index (χ3n) is 2.54. The predicted octanol–water partition coefficient (Wildman–Crippen LogP) is 4.47. The van der Waals surface area contributed by atoms with Crippen LogP contribution in [-0.2, 0) is 111 Å². The Hall–Kier alpha value is 1.52. The van der Waals surface area contributed by atoms with Crippen LogP contribution in [0, 0.1) is 0 Å². The maximum Gasteiger partial charge on any atom is 0.254 e. The van der Waals surface area contributed by atoms with Crippen LogP contribution in [0.1, 0.15) is 10.4 Å². The molecular formula is C13H8BrClOS12. The SMILES string of the molecule is O=C(Cl)c1c(Br)cccc1-c1ccccc1.S=S=S=S=S=S=S=S=S=S=S=S. The average molecular weight is 680 g/mol. The second-order valence-electron chi connectivity index (χ2n) is 3.98. The van der Waals surface area contributed by atoms with Crippen LogP contribution in [0.2, 0.25) is 0 Å². The molecule has 2 aromatic carbocycles. The molecule has 0 fully saturated rings. The number of hydrogen-bond donors (Lipinski definition) is 0. The van der Waals surface area contributed by atoms with E-state index >= 15 is 0 Å². The van der Waals surface area contributed by atoms with E-state index < -0.39 is 5.24 Å². The summed E-state index contributed by atoms with van der Waals surface area (Å²) in [5.74, 6) is 0. The van der Waals surface area contributed by atoms with Crippen LogP contribution in [0.5, 0.6) is 0 Å². The lowest BCUT2D eigenvalue weighted by atomic mass is 10.0. The number of carbonyl (C=O) groups excluding carboxylic acids is 1. The minimum absolute atomic E-state index is 0.452. The average Bonchev–Trinajstić information content (AvgIpc) is 2.71. The monoisotopic (exact) mass is 678 g/mol. The minimum Gasteiger partial charge on any atom is -0.276 e. The van der Waals surface area contributed by atoms with E-state index in [0.29, 0.717) is 10.0 Å². The first kappa shape index (κ1) is 27.6. The van der Waals surface area contributed by atoms with Crippen molar-refractivity contribution in [2.24, 2.45) is 0 Å². The third kappa shape index (κ3) is 11.8. The summed E-state index contributed by atoms with van der Waals surface area (Å²) in [4.78, 5) is 11.4. The molecule has 15 heteroatoms. The second kappa shape index (κ2) is 18.1. The van der Waals surface area contributed by atoms with Gasteiger partial charge in [-0.05, 0) is 44.7 Å². The Balaban J connectivity index is 0.000000295. The van der Waals surface area contributed by atoms with Crippen LogP contribution in [0.4, 0.5) is 0 Å². The van der Waals surface area contributed by atoms with E-state index in [1.54, 1.807) is 71.0 Å². The zero-order chi connectivity index (χ0) is 20.6. The van der Waals surface area contributed by atoms with Crippen LogP contribution in [-0.4, -0.2) is 5.24 Å². The summed E-state index contributed by atoms with van der Waals surface area (Å²) in [5, 5.41) is -0.452. The van der Waals surface area contributed by atoms with Crippen molar-refractivity contribution in [3.63, 3.8) is 0 Å². The van der Waals surface area contributed by atoms with Crippen LogP contribution >= 0.6 is 27.5 Å². The number of carbonyl (C=O) groups is 1. The number of halogens is 2. The van der Waals surface area contributed by atoms with Crippen molar-refractivity contribution in [1.82, 2.24) is 0 Å². The standard InChI is InChI=1S/C13H8BrClO.S12/c14-11-8-4-7-10(12(11)13(15)16)9-5-2-1-3-6-9;1-3-5-7-9-11-12-10-8-6-4-2/h1-8H;. The van der Waals surface area contributed by atoms with Gasteiger partial charge in [0.2, 0.25) is 0 Å². The summed E-state index contributed by atoms with van der Waals surface area (Å²) >= 11 is 18.3. The van der Waals surface area contributed by atoms with Crippen molar-refractivity contribution >= 4 is 144 Å². The fraction of sp³-hybridized carbons (Fsp3) is 0. The van der Waals surface area contributed by atoms with Gasteiger partial charge in [-0.1, -0.05) is 42.5 Å². The zero-order valence-corrected chi connectivity index (χ0v) is 25.3. The minimum atomic E-state index is -0.452. The first-order valence-corrected chi connectivity index (χ1v) is 22.4. The normalized spacial score (nSPS) is 8.79. The molecule has 0 atom stereocenters. The van der Waals surface area contributed by atoms with E-state index in [9.17, 15) is 4.79 Å². The maximum atomic E-state index is 11.4. The molecule has 0 spiro atoms. The van der Waals surface area contributed by atoms with Crippen LogP contribution in [0.3, 0.4) is 0 Å². The molecule has 0 unspecified atom stereocenters. The van der Waals surface area contributed by atoms with E-state index in [2.05, 4.69) is 38.3 Å². The molecule has 0 heterocycles. The van der Waals surface area contributed by atoms with Crippen LogP contribution in [0.15, 0.2) is 53.0 Å². The molecule has 2 rings (SSSR count). The Morgan fingerprint density at radius 2 is 1.25 bits per heavy atom. The molecule has 0 N–H and O–H groups in total. The molecule has 0 aliphatic carbocycles. The van der Waals surface area contributed by atoms with Crippen molar-refractivity contribution < 1.29 is 4.79 Å². The Morgan fingerprint density at radius 1 is 0.750 bits per heavy atom. The molecule has 0 aromatic heterocycles. The molecule has 28 heavy (non-hydrogen) atoms. The van der Waals surface area contributed by atoms with Crippen LogP contribution < -0.4 is 0 Å². The summed E-state index contributed by atoms with van der Waals surface area (Å²) in [5.41, 5.74) is 2.33. The van der Waals surface area contributed by atoms with E-state index in [1.165, 1.54) is 17.8 Å². The fourth-order valence-corrected chi connectivity index (χ4v) is 24.5. The first-order chi connectivity index (χ1) is 13.6. The summed E-state index contributed by atoms with van der Waals surface area (Å²) in [6.07, 6.45) is 0. The topological polar surface area (TPSA) is 17.1 Å². The highest BCUT2D eigenvalue weighted by Crippen LogP contribution is 2.30. The van der Waals surface area contributed by atoms with Crippen LogP contribution in [0.25, 0.3) is 11.1 Å². The second-order valence-corrected chi connectivity index (χ2v) is 22.9. The van der Waals surface area contributed by atoms with Gasteiger partial charge in [0, 0.05) is 116 Å². The lowest BCUT2D eigenvalue weighted by Crippen LogP contribution is -1.95. The van der Waals surface area contributed by atoms with E-state index in [-0.39, 0.29) is 0 Å². The van der Waals surface area contributed by atoms with Crippen molar-refractivity contribution in [3.8, 4) is 11.1 Å². The van der Waals surface area contributed by atoms with Gasteiger partial charge in [-0.3, -0.25) is 4.79 Å². The number of rotatable bonds is 2. The number of hydrogen-bond acceptors (Lipinski definition) is 3. The van der Waals surface area contributed by atoms with Crippen molar-refractivity contribution in [3.05, 3.63) is 58.6 Å². The maximum absolute atomic E-state index is 11.4. The Labute approximate surface area is 215 Å². The van der Waals surface area contributed by atoms with Gasteiger partial charge >= 0.3 is 0 Å². The van der Waals surface area contributed by atoms with Gasteiger partial charge in [0.05, 0.1) is 5.56 Å². The van der Waals surface area contributed by atoms with Gasteiger partial charge in [0.15, 0.2) is 0 Å². The van der Waals surface area contributed by atoms with Gasteiger partial charge in [-0.15, -0.1) is 0 Å². The molecule has 152 valence electrons. The quantitative estimate of drug-likeness (QED) is 0.437. The lowest BCUT2D eigenvalue weighted by Gasteiger charge is -2.07. The highest BCUT2D eigenvalue weighted by atomic mass is 79.9. The molecule has 0 aliphatic heterocycles. The molecule has 0 saturated heterocycles. The molecule has 0 radical (unpaired) electrons. The zero-order valence-electron chi connectivity index (χ0n) is 13.2. The van der Waals surface area contributed by atoms with E-state index in [4.69, 9.17) is 11.6 Å². The van der Waals surface area contributed by atoms with Gasteiger partial charge in [0.25, 0.3) is 5.24 Å². The fourth-order valence-electron chi connectivity index (χ4n) is 1.67. The molecule has 0 aliphatic rings. The Bertz CT molecular complexity index is 1200. The predicted molar refractivity (Wildman–Crippen MR) is 158 cm³/mol. The van der Waals surface area contributed by atoms with Gasteiger partial charge in [-0.25, -0.2) is 0 Å². The largest absolute Gasteiger partial charge is 0.276 e. The molecular weight excluding hydrogens is 672 g/mol. The molecule has 0 bridgehead atoms. The van der Waals surface area contributed by atoms with Crippen molar-refractivity contribution in [2.75, 3.05) is 0 Å². The summed E-state index contributed by atoms with van der Waals surface area (Å²) in [6.45, 7) is 0. The first-order valence-electron chi connectivity index (χ1n) is 6.57. The Morgan fingerprint density at radius 3 is 1.71 bits per heavy atom. The molecule has 0 amide bonds. The van der Waals surface area contributed by atoms with Gasteiger partial charge < -0.3 is 0 Å². The summed E-state index contributed by atoms with van der Waals surface area (Å²) < 4.78 is 0.717. The lowest BCUT2D eigenvalue weighted by molar-refractivity contribution is 0.108. The van der Waals surface area contributed by atoms with Gasteiger partial charge in [0.1, 0.15) is 0 Å². The van der Waals surface area contributed by atoms with E-state index in [0.717, 1.165) is 11.1 Å². The number of benzene rings is 2. The third-order valence-corrected chi connectivity index (χ3v) is 23.4. The van der Waals surface area contributed by atoms with E-state index in [1.807, 2.05) is 48.5 Å². The van der Waals surface area contributed by atoms with Crippen molar-refractivity contribution in [2.45, 2.75) is 0 Å². The summed E-state index contributed by atoms with van der Waals surface area (Å²) in [7, 11) is 16.3. The molecule has 2 aromatic rings. The summed E-state index contributed by atoms with van der Waals surface area (Å²) in [6, 6.07) is 15.3. The molecule has 0 saturated carbocycles. The van der Waals surface area contributed by atoms with Gasteiger partial charge in [-0.2, -0.15) is 0 Å².